The maximum absolute atomic E-state index is 14.5. The van der Waals surface area contributed by atoms with E-state index in [1.807, 2.05) is 53.6 Å². The number of pyridine rings is 1. The lowest BCUT2D eigenvalue weighted by atomic mass is 9.91. The fourth-order valence-electron chi connectivity index (χ4n) is 6.32. The van der Waals surface area contributed by atoms with Gasteiger partial charge in [0.15, 0.2) is 0 Å². The van der Waals surface area contributed by atoms with Crippen molar-refractivity contribution in [2.45, 2.75) is 25.4 Å². The first-order valence-electron chi connectivity index (χ1n) is 16.0. The number of aromatic nitrogens is 5. The zero-order chi connectivity index (χ0) is 33.9. The van der Waals surface area contributed by atoms with Crippen molar-refractivity contribution in [2.75, 3.05) is 26.4 Å². The number of halogens is 1. The van der Waals surface area contributed by atoms with Gasteiger partial charge in [0.25, 0.3) is 0 Å². The van der Waals surface area contributed by atoms with Crippen LogP contribution in [0.3, 0.4) is 0 Å². The van der Waals surface area contributed by atoms with Crippen molar-refractivity contribution in [2.24, 2.45) is 7.05 Å². The molecule has 2 aliphatic heterocycles. The highest BCUT2D eigenvalue weighted by Gasteiger charge is 2.29. The summed E-state index contributed by atoms with van der Waals surface area (Å²) >= 11 is 1.59. The highest BCUT2D eigenvalue weighted by atomic mass is 32.1. The topological polar surface area (TPSA) is 108 Å². The number of nitrogens with zero attached hydrogens (tertiary/aromatic N) is 6. The minimum atomic E-state index is -0.427. The fraction of sp³-hybridized carbons (Fsp3) is 0.243. The lowest BCUT2D eigenvalue weighted by Crippen LogP contribution is -2.37. The molecule has 0 aliphatic carbocycles. The molecule has 2 aliphatic rings. The molecule has 1 aromatic carbocycles. The monoisotopic (exact) mass is 678 g/mol. The van der Waals surface area contributed by atoms with E-state index in [0.717, 1.165) is 54.9 Å². The number of hydrogen-bond acceptors (Lipinski definition) is 8. The lowest BCUT2D eigenvalue weighted by Gasteiger charge is -2.26. The molecule has 1 atom stereocenters. The van der Waals surface area contributed by atoms with Gasteiger partial charge in [-0.25, -0.2) is 4.39 Å². The van der Waals surface area contributed by atoms with E-state index in [4.69, 9.17) is 19.6 Å². The van der Waals surface area contributed by atoms with Crippen LogP contribution >= 0.6 is 11.3 Å². The number of ether oxygens (including phenoxy) is 2. The van der Waals surface area contributed by atoms with Crippen molar-refractivity contribution in [3.05, 3.63) is 114 Å². The van der Waals surface area contributed by atoms with Crippen LogP contribution in [0.4, 0.5) is 4.39 Å². The number of benzene rings is 1. The SMILES string of the molecule is C=CC(=O)N1CCn2nc(C3CCO/C=C/C(F)=C\C=C\c4c3nc(-c3cc5cnn(C)c5cc3OC/C=C/CO)c3ccsc43)cc2C1. The number of aliphatic hydroxyl groups is 1. The van der Waals surface area contributed by atoms with Gasteiger partial charge in [-0.15, -0.1) is 11.3 Å². The summed E-state index contributed by atoms with van der Waals surface area (Å²) in [5.41, 5.74) is 5.83. The number of aliphatic hydroxyl groups excluding tert-OH is 1. The zero-order valence-electron chi connectivity index (χ0n) is 27.0. The maximum Gasteiger partial charge on any atom is 0.246 e. The second kappa shape index (κ2) is 14.0. The van der Waals surface area contributed by atoms with E-state index in [2.05, 4.69) is 11.7 Å². The second-order valence-corrected chi connectivity index (χ2v) is 12.7. The molecule has 7 rings (SSSR count). The Kier molecular flexibility index (Phi) is 9.23. The molecule has 4 aromatic heterocycles. The van der Waals surface area contributed by atoms with Crippen molar-refractivity contribution in [3.8, 4) is 17.0 Å². The minimum absolute atomic E-state index is 0.0769. The Morgan fingerprint density at radius 2 is 2.14 bits per heavy atom. The van der Waals surface area contributed by atoms with Crippen molar-refractivity contribution in [3.63, 3.8) is 0 Å². The number of fused-ring (bicyclic) bond motifs is 5. The molecular formula is C37H35FN6O4S. The van der Waals surface area contributed by atoms with E-state index >= 15 is 0 Å². The first-order valence-corrected chi connectivity index (χ1v) is 16.9. The number of aryl methyl sites for hydroxylation is 1. The summed E-state index contributed by atoms with van der Waals surface area (Å²) in [5.74, 6) is -0.212. The molecule has 0 radical (unpaired) electrons. The van der Waals surface area contributed by atoms with Gasteiger partial charge in [0.1, 0.15) is 18.2 Å². The summed E-state index contributed by atoms with van der Waals surface area (Å²) in [6, 6.07) is 8.11. The average molecular weight is 679 g/mol. The van der Waals surface area contributed by atoms with E-state index in [0.29, 0.717) is 38.4 Å². The van der Waals surface area contributed by atoms with E-state index < -0.39 is 5.83 Å². The predicted octanol–water partition coefficient (Wildman–Crippen LogP) is 6.43. The Bertz CT molecular complexity index is 2170. The molecule has 49 heavy (non-hydrogen) atoms. The zero-order valence-corrected chi connectivity index (χ0v) is 27.8. The highest BCUT2D eigenvalue weighted by molar-refractivity contribution is 7.17. The van der Waals surface area contributed by atoms with Crippen LogP contribution in [-0.2, 0) is 29.7 Å². The molecule has 0 spiro atoms. The number of carbonyl (C=O) groups excluding carboxylic acids is 1. The van der Waals surface area contributed by atoms with Gasteiger partial charge in [0, 0.05) is 58.3 Å². The normalized spacial score (nSPS) is 19.0. The van der Waals surface area contributed by atoms with Crippen molar-refractivity contribution >= 4 is 44.3 Å². The first-order chi connectivity index (χ1) is 23.9. The summed E-state index contributed by atoms with van der Waals surface area (Å²) < 4.78 is 31.4. The Labute approximate surface area is 286 Å². The number of allylic oxidation sites excluding steroid dienone is 4. The van der Waals surface area contributed by atoms with Crippen molar-refractivity contribution < 1.29 is 23.8 Å². The number of thiophene rings is 1. The van der Waals surface area contributed by atoms with Gasteiger partial charge >= 0.3 is 0 Å². The molecule has 0 bridgehead atoms. The number of hydrogen-bond donors (Lipinski definition) is 1. The largest absolute Gasteiger partial charge is 0.501 e. The molecule has 250 valence electrons. The van der Waals surface area contributed by atoms with Gasteiger partial charge in [-0.05, 0) is 48.2 Å². The van der Waals surface area contributed by atoms with Crippen molar-refractivity contribution in [1.29, 1.82) is 0 Å². The fourth-order valence-corrected chi connectivity index (χ4v) is 7.25. The highest BCUT2D eigenvalue weighted by Crippen LogP contribution is 2.43. The third-order valence-electron chi connectivity index (χ3n) is 8.74. The smallest absolute Gasteiger partial charge is 0.246 e. The molecule has 1 N–H and O–H groups in total. The molecule has 5 aromatic rings. The third kappa shape index (κ3) is 6.44. The lowest BCUT2D eigenvalue weighted by molar-refractivity contribution is -0.127. The summed E-state index contributed by atoms with van der Waals surface area (Å²) in [7, 11) is 1.89. The van der Waals surface area contributed by atoms with Gasteiger partial charge in [0.2, 0.25) is 5.91 Å². The second-order valence-electron chi connectivity index (χ2n) is 11.7. The molecule has 0 saturated carbocycles. The summed E-state index contributed by atoms with van der Waals surface area (Å²) in [6.07, 6.45) is 14.8. The summed E-state index contributed by atoms with van der Waals surface area (Å²) in [4.78, 5) is 19.7. The molecule has 0 fully saturated rings. The van der Waals surface area contributed by atoms with Gasteiger partial charge in [-0.3, -0.25) is 19.1 Å². The molecule has 6 heterocycles. The van der Waals surface area contributed by atoms with E-state index in [-0.39, 0.29) is 25.0 Å². The minimum Gasteiger partial charge on any atom is -0.501 e. The molecular weight excluding hydrogens is 644 g/mol. The van der Waals surface area contributed by atoms with Crippen LogP contribution in [0.5, 0.6) is 5.75 Å². The van der Waals surface area contributed by atoms with Crippen LogP contribution in [-0.4, -0.2) is 66.8 Å². The average Bonchev–Trinajstić information content (AvgIpc) is 3.85. The van der Waals surface area contributed by atoms with Crippen LogP contribution in [0.15, 0.2) is 91.0 Å². The number of amides is 1. The van der Waals surface area contributed by atoms with Gasteiger partial charge in [-0.2, -0.15) is 10.2 Å². The molecule has 0 saturated heterocycles. The molecule has 1 unspecified atom stereocenters. The van der Waals surface area contributed by atoms with E-state index in [9.17, 15) is 14.3 Å². The molecule has 1 amide bonds. The van der Waals surface area contributed by atoms with Crippen LogP contribution in [0.1, 0.15) is 35.0 Å². The summed E-state index contributed by atoms with van der Waals surface area (Å²) in [6.45, 7) is 5.67. The Morgan fingerprint density at radius 1 is 1.24 bits per heavy atom. The van der Waals surface area contributed by atoms with Crippen molar-refractivity contribution in [1.82, 2.24) is 29.4 Å². The van der Waals surface area contributed by atoms with Gasteiger partial charge < -0.3 is 19.5 Å². The Balaban J connectivity index is 1.43. The quantitative estimate of drug-likeness (QED) is 0.156. The van der Waals surface area contributed by atoms with Crippen LogP contribution in [0.25, 0.3) is 38.3 Å². The van der Waals surface area contributed by atoms with E-state index in [1.54, 1.807) is 39.1 Å². The molecule has 12 heteroatoms. The summed E-state index contributed by atoms with van der Waals surface area (Å²) in [5, 5.41) is 22.7. The standard InChI is InChI=1S/C37H35FN6O4S/c1-3-34(46)43-12-13-44-26(23-43)20-31(41-44)27-10-17-47-16-9-25(38)7-6-8-28-35(27)40-36(29-11-18-49-37(28)29)30-19-24-22-39-42(2)32(24)21-33(30)48-15-5-4-14-45/h3-9,11,16,18-22,27,45H,1,10,12-15,17,23H2,2H3/b5-4+,8-6+,16-9+,25-7+. The predicted molar refractivity (Wildman–Crippen MR) is 189 cm³/mol. The van der Waals surface area contributed by atoms with Gasteiger partial charge in [-0.1, -0.05) is 24.8 Å². The third-order valence-corrected chi connectivity index (χ3v) is 9.69. The maximum atomic E-state index is 14.5. The Hall–Kier alpha value is -5.33. The van der Waals surface area contributed by atoms with Crippen LogP contribution < -0.4 is 4.74 Å². The number of rotatable bonds is 7. The van der Waals surface area contributed by atoms with Crippen LogP contribution in [0.2, 0.25) is 0 Å². The van der Waals surface area contributed by atoms with E-state index in [1.165, 1.54) is 24.5 Å². The molecule has 10 nitrogen and oxygen atoms in total. The van der Waals surface area contributed by atoms with Crippen LogP contribution in [0, 0.1) is 0 Å². The van der Waals surface area contributed by atoms with Gasteiger partial charge in [0.05, 0.1) is 67.1 Å². The number of carbonyl (C=O) groups is 1. The Morgan fingerprint density at radius 3 is 3.00 bits per heavy atom. The first kappa shape index (κ1) is 32.2.